The topological polar surface area (TPSA) is 115 Å². The third kappa shape index (κ3) is 4.81. The summed E-state index contributed by atoms with van der Waals surface area (Å²) in [6, 6.07) is 6.82. The lowest BCUT2D eigenvalue weighted by molar-refractivity contribution is 0.0383. The summed E-state index contributed by atoms with van der Waals surface area (Å²) >= 11 is 0. The number of H-pyrrole nitrogens is 1. The van der Waals surface area contributed by atoms with Gasteiger partial charge in [-0.15, -0.1) is 0 Å². The van der Waals surface area contributed by atoms with Crippen LogP contribution in [0.25, 0.3) is 11.0 Å². The smallest absolute Gasteiger partial charge is 0.322 e. The van der Waals surface area contributed by atoms with E-state index in [-0.39, 0.29) is 11.9 Å². The van der Waals surface area contributed by atoms with E-state index < -0.39 is 0 Å². The Kier molecular flexibility index (Phi) is 6.18. The van der Waals surface area contributed by atoms with Gasteiger partial charge in [-0.05, 0) is 35.7 Å². The third-order valence-electron chi connectivity index (χ3n) is 6.15. The van der Waals surface area contributed by atoms with Crippen molar-refractivity contribution in [1.29, 1.82) is 0 Å². The molecule has 1 aromatic carbocycles. The number of pyridine rings is 1. The Balaban J connectivity index is 1.17. The summed E-state index contributed by atoms with van der Waals surface area (Å²) in [6.45, 7) is 5.71. The number of carbonyl (C=O) groups is 2. The summed E-state index contributed by atoms with van der Waals surface area (Å²) in [5.74, 6) is -0.151. The average Bonchev–Trinajstić information content (AvgIpc) is 3.34. The van der Waals surface area contributed by atoms with E-state index in [1.54, 1.807) is 41.6 Å². The number of urea groups is 1. The lowest BCUT2D eigenvalue weighted by Gasteiger charge is -2.29. The Morgan fingerprint density at radius 2 is 2.03 bits per heavy atom. The minimum Gasteiger partial charge on any atom is -0.379 e. The van der Waals surface area contributed by atoms with Crippen LogP contribution < -0.4 is 10.6 Å². The number of fused-ring (bicyclic) bond motifs is 3. The average molecular weight is 450 g/mol. The fourth-order valence-corrected chi connectivity index (χ4v) is 4.32. The molecule has 10 heteroatoms. The van der Waals surface area contributed by atoms with Crippen molar-refractivity contribution in [3.63, 3.8) is 0 Å². The molecular formula is C23H27N7O3. The lowest BCUT2D eigenvalue weighted by Crippen LogP contribution is -2.41. The van der Waals surface area contributed by atoms with Crippen LogP contribution in [-0.2, 0) is 17.7 Å². The zero-order valence-corrected chi connectivity index (χ0v) is 18.3. The second-order valence-corrected chi connectivity index (χ2v) is 8.29. The molecule has 2 aliphatic heterocycles. The highest BCUT2D eigenvalue weighted by molar-refractivity contribution is 5.97. The molecule has 4 heterocycles. The van der Waals surface area contributed by atoms with Gasteiger partial charge in [0.05, 0.1) is 19.4 Å². The van der Waals surface area contributed by atoms with E-state index in [0.717, 1.165) is 55.9 Å². The molecule has 1 fully saturated rings. The van der Waals surface area contributed by atoms with Crippen LogP contribution in [0.1, 0.15) is 21.5 Å². The number of nitrogens with one attached hydrogen (secondary N) is 3. The van der Waals surface area contributed by atoms with Gasteiger partial charge in [-0.3, -0.25) is 14.8 Å². The van der Waals surface area contributed by atoms with Gasteiger partial charge in [-0.2, -0.15) is 5.10 Å². The first kappa shape index (κ1) is 21.4. The van der Waals surface area contributed by atoms with Gasteiger partial charge in [0.25, 0.3) is 5.91 Å². The molecule has 0 unspecified atom stereocenters. The van der Waals surface area contributed by atoms with E-state index in [1.165, 1.54) is 5.56 Å². The summed E-state index contributed by atoms with van der Waals surface area (Å²) in [4.78, 5) is 33.8. The van der Waals surface area contributed by atoms with E-state index in [2.05, 4.69) is 30.7 Å². The molecule has 5 rings (SSSR count). The standard InChI is InChI=1S/C23H27N7O3/c31-22(24-5-7-29-8-10-33-11-9-29)16-2-1-3-18(12-16)27-23(32)30-6-4-19-17(15-30)13-25-21-20(19)14-26-28-21/h1-3,12-14H,4-11,15H2,(H,24,31)(H,27,32)(H,25,26,28). The van der Waals surface area contributed by atoms with Gasteiger partial charge < -0.3 is 20.3 Å². The van der Waals surface area contributed by atoms with Gasteiger partial charge in [-0.1, -0.05) is 6.07 Å². The predicted molar refractivity (Wildman–Crippen MR) is 123 cm³/mol. The number of amides is 3. The quantitative estimate of drug-likeness (QED) is 0.545. The normalized spacial score (nSPS) is 16.4. The van der Waals surface area contributed by atoms with Gasteiger partial charge >= 0.3 is 6.03 Å². The Labute approximate surface area is 191 Å². The van der Waals surface area contributed by atoms with Crippen molar-refractivity contribution in [2.24, 2.45) is 0 Å². The molecule has 3 amide bonds. The first-order valence-corrected chi connectivity index (χ1v) is 11.2. The zero-order chi connectivity index (χ0) is 22.6. The van der Waals surface area contributed by atoms with E-state index in [0.29, 0.717) is 30.9 Å². The Hall–Kier alpha value is -3.50. The molecule has 0 radical (unpaired) electrons. The van der Waals surface area contributed by atoms with Crippen LogP contribution in [0, 0.1) is 0 Å². The van der Waals surface area contributed by atoms with Crippen LogP contribution in [0.2, 0.25) is 0 Å². The number of hydrogen-bond acceptors (Lipinski definition) is 6. The summed E-state index contributed by atoms with van der Waals surface area (Å²) < 4.78 is 5.34. The highest BCUT2D eigenvalue weighted by Crippen LogP contribution is 2.25. The van der Waals surface area contributed by atoms with Crippen molar-refractivity contribution in [2.75, 3.05) is 51.3 Å². The molecular weight excluding hydrogens is 422 g/mol. The number of morpholine rings is 1. The van der Waals surface area contributed by atoms with Gasteiger partial charge in [0.2, 0.25) is 0 Å². The second kappa shape index (κ2) is 9.55. The van der Waals surface area contributed by atoms with Gasteiger partial charge in [-0.25, -0.2) is 9.78 Å². The molecule has 33 heavy (non-hydrogen) atoms. The van der Waals surface area contributed by atoms with Crippen LogP contribution in [0.5, 0.6) is 0 Å². The number of benzene rings is 1. The summed E-state index contributed by atoms with van der Waals surface area (Å²) in [5.41, 5.74) is 4.10. The van der Waals surface area contributed by atoms with Crippen molar-refractivity contribution < 1.29 is 14.3 Å². The second-order valence-electron chi connectivity index (χ2n) is 8.29. The lowest BCUT2D eigenvalue weighted by atomic mass is 9.99. The number of aromatic nitrogens is 3. The largest absolute Gasteiger partial charge is 0.379 e. The van der Waals surface area contributed by atoms with E-state index >= 15 is 0 Å². The van der Waals surface area contributed by atoms with E-state index in [9.17, 15) is 9.59 Å². The van der Waals surface area contributed by atoms with Crippen LogP contribution in [0.15, 0.2) is 36.7 Å². The minimum absolute atomic E-state index is 0.151. The third-order valence-corrected chi connectivity index (χ3v) is 6.15. The van der Waals surface area contributed by atoms with Crippen molar-refractivity contribution in [1.82, 2.24) is 30.3 Å². The van der Waals surface area contributed by atoms with Crippen LogP contribution in [0.3, 0.4) is 0 Å². The highest BCUT2D eigenvalue weighted by Gasteiger charge is 2.23. The van der Waals surface area contributed by atoms with Gasteiger partial charge in [0.1, 0.15) is 0 Å². The molecule has 0 aliphatic carbocycles. The Morgan fingerprint density at radius 3 is 2.91 bits per heavy atom. The Morgan fingerprint density at radius 1 is 1.15 bits per heavy atom. The van der Waals surface area contributed by atoms with Crippen LogP contribution >= 0.6 is 0 Å². The maximum absolute atomic E-state index is 12.9. The molecule has 2 aromatic heterocycles. The number of hydrogen-bond donors (Lipinski definition) is 3. The summed E-state index contributed by atoms with van der Waals surface area (Å²) in [7, 11) is 0. The highest BCUT2D eigenvalue weighted by atomic mass is 16.5. The number of nitrogens with zero attached hydrogens (tertiary/aromatic N) is 4. The molecule has 0 saturated carbocycles. The SMILES string of the molecule is O=C(NCCN1CCOCC1)c1cccc(NC(=O)N2CCc3c(cnc4[nH]ncc34)C2)c1. The number of rotatable bonds is 5. The molecule has 2 aliphatic rings. The fourth-order valence-electron chi connectivity index (χ4n) is 4.32. The molecule has 3 N–H and O–H groups in total. The number of ether oxygens (including phenoxy) is 1. The predicted octanol–water partition coefficient (Wildman–Crippen LogP) is 1.61. The maximum Gasteiger partial charge on any atom is 0.322 e. The number of aromatic amines is 1. The zero-order valence-electron chi connectivity index (χ0n) is 18.3. The van der Waals surface area contributed by atoms with Crippen molar-refractivity contribution in [2.45, 2.75) is 13.0 Å². The fraction of sp³-hybridized carbons (Fsp3) is 0.391. The molecule has 172 valence electrons. The molecule has 3 aromatic rings. The first-order valence-electron chi connectivity index (χ1n) is 11.2. The molecule has 10 nitrogen and oxygen atoms in total. The maximum atomic E-state index is 12.9. The summed E-state index contributed by atoms with van der Waals surface area (Å²) in [5, 5.41) is 13.8. The first-order chi connectivity index (χ1) is 16.2. The molecule has 1 saturated heterocycles. The molecule has 0 bridgehead atoms. The van der Waals surface area contributed by atoms with Crippen molar-refractivity contribution >= 4 is 28.7 Å². The summed E-state index contributed by atoms with van der Waals surface area (Å²) in [6.07, 6.45) is 4.33. The van der Waals surface area contributed by atoms with Crippen LogP contribution in [-0.4, -0.2) is 82.9 Å². The molecule has 0 atom stereocenters. The number of carbonyl (C=O) groups excluding carboxylic acids is 2. The van der Waals surface area contributed by atoms with Crippen molar-refractivity contribution in [3.8, 4) is 0 Å². The molecule has 0 spiro atoms. The van der Waals surface area contributed by atoms with Crippen LogP contribution in [0.4, 0.5) is 10.5 Å². The monoisotopic (exact) mass is 449 g/mol. The van der Waals surface area contributed by atoms with Crippen molar-refractivity contribution in [3.05, 3.63) is 53.3 Å². The minimum atomic E-state index is -0.196. The Bertz CT molecular complexity index is 1160. The number of anilines is 1. The van der Waals surface area contributed by atoms with E-state index in [1.807, 2.05) is 0 Å². The van der Waals surface area contributed by atoms with Gasteiger partial charge in [0, 0.05) is 62.1 Å². The van der Waals surface area contributed by atoms with Gasteiger partial charge in [0.15, 0.2) is 5.65 Å². The van der Waals surface area contributed by atoms with E-state index in [4.69, 9.17) is 4.74 Å².